The zero-order valence-electron chi connectivity index (χ0n) is 12.8. The molecule has 0 radical (unpaired) electrons. The summed E-state index contributed by atoms with van der Waals surface area (Å²) in [5, 5.41) is 2.96. The van der Waals surface area contributed by atoms with E-state index in [9.17, 15) is 9.59 Å². The Balaban J connectivity index is 1.48. The van der Waals surface area contributed by atoms with Crippen LogP contribution in [0.4, 0.5) is 0 Å². The van der Waals surface area contributed by atoms with Crippen molar-refractivity contribution in [3.8, 4) is 0 Å². The van der Waals surface area contributed by atoms with Crippen molar-refractivity contribution in [3.05, 3.63) is 36.3 Å². The molecule has 23 heavy (non-hydrogen) atoms. The maximum absolute atomic E-state index is 12.6. The van der Waals surface area contributed by atoms with Crippen molar-refractivity contribution < 1.29 is 14.3 Å². The fraction of sp³-hybridized carbons (Fsp3) is 0.471. The van der Waals surface area contributed by atoms with Crippen molar-refractivity contribution >= 4 is 17.5 Å². The van der Waals surface area contributed by atoms with Gasteiger partial charge in [0.25, 0.3) is 0 Å². The first kappa shape index (κ1) is 14.2. The summed E-state index contributed by atoms with van der Waals surface area (Å²) >= 11 is 0. The molecular weight excluding hydrogens is 294 g/mol. The van der Waals surface area contributed by atoms with Crippen LogP contribution in [0.15, 0.2) is 30.6 Å². The number of hydrogen-bond acceptors (Lipinski definition) is 4. The van der Waals surface area contributed by atoms with Crippen LogP contribution in [0.1, 0.15) is 37.8 Å². The summed E-state index contributed by atoms with van der Waals surface area (Å²) in [7, 11) is 0. The summed E-state index contributed by atoms with van der Waals surface area (Å²) in [6, 6.07) is 5.77. The van der Waals surface area contributed by atoms with Gasteiger partial charge in [-0.25, -0.2) is 4.98 Å². The van der Waals surface area contributed by atoms with Gasteiger partial charge in [-0.2, -0.15) is 0 Å². The van der Waals surface area contributed by atoms with E-state index in [4.69, 9.17) is 4.74 Å². The molecule has 2 aromatic rings. The largest absolute Gasteiger partial charge is 0.458 e. The molecule has 3 heterocycles. The second kappa shape index (κ2) is 5.37. The number of esters is 1. The second-order valence-corrected chi connectivity index (χ2v) is 6.40. The van der Waals surface area contributed by atoms with Crippen molar-refractivity contribution in [3.63, 3.8) is 0 Å². The normalized spacial score (nSPS) is 22.6. The minimum Gasteiger partial charge on any atom is -0.458 e. The van der Waals surface area contributed by atoms with Gasteiger partial charge in [-0.3, -0.25) is 9.59 Å². The Kier molecular flexibility index (Phi) is 3.32. The van der Waals surface area contributed by atoms with Gasteiger partial charge in [-0.1, -0.05) is 6.07 Å². The van der Waals surface area contributed by atoms with Gasteiger partial charge in [0.2, 0.25) is 5.91 Å². The van der Waals surface area contributed by atoms with E-state index in [2.05, 4.69) is 10.3 Å². The fourth-order valence-electron chi connectivity index (χ4n) is 3.86. The Morgan fingerprint density at radius 2 is 2.22 bits per heavy atom. The van der Waals surface area contributed by atoms with E-state index in [1.165, 1.54) is 0 Å². The van der Waals surface area contributed by atoms with E-state index >= 15 is 0 Å². The molecular formula is C17H19N3O3. The van der Waals surface area contributed by atoms with E-state index in [1.54, 1.807) is 6.20 Å². The summed E-state index contributed by atoms with van der Waals surface area (Å²) in [6.07, 6.45) is 7.51. The van der Waals surface area contributed by atoms with Crippen LogP contribution in [0.3, 0.4) is 0 Å². The molecule has 0 unspecified atom stereocenters. The number of rotatable bonds is 3. The van der Waals surface area contributed by atoms with Crippen molar-refractivity contribution in [1.29, 1.82) is 0 Å². The molecule has 0 aromatic carbocycles. The Hall–Kier alpha value is -2.37. The van der Waals surface area contributed by atoms with Gasteiger partial charge in [0.05, 0.1) is 30.8 Å². The number of amides is 1. The third-order valence-corrected chi connectivity index (χ3v) is 5.03. The lowest BCUT2D eigenvalue weighted by molar-refractivity contribution is -0.149. The second-order valence-electron chi connectivity index (χ2n) is 6.40. The monoisotopic (exact) mass is 313 g/mol. The van der Waals surface area contributed by atoms with Gasteiger partial charge in [-0.15, -0.1) is 0 Å². The SMILES string of the molecule is O=C1C[C@H](C(=O)NCc2cnc3ccccn23)C2(CCCC2)O1. The average molecular weight is 313 g/mol. The third-order valence-electron chi connectivity index (χ3n) is 5.03. The van der Waals surface area contributed by atoms with Crippen LogP contribution in [0.5, 0.6) is 0 Å². The van der Waals surface area contributed by atoms with E-state index < -0.39 is 5.60 Å². The molecule has 1 aliphatic carbocycles. The molecule has 2 aromatic heterocycles. The highest BCUT2D eigenvalue weighted by Gasteiger charge is 2.53. The number of nitrogens with one attached hydrogen (secondary N) is 1. The molecule has 1 saturated heterocycles. The summed E-state index contributed by atoms with van der Waals surface area (Å²) in [5.74, 6) is -0.706. The number of imidazole rings is 1. The molecule has 1 spiro atoms. The number of pyridine rings is 1. The van der Waals surface area contributed by atoms with E-state index in [1.807, 2.05) is 28.8 Å². The first-order valence-corrected chi connectivity index (χ1v) is 8.08. The van der Waals surface area contributed by atoms with E-state index in [-0.39, 0.29) is 24.2 Å². The minimum atomic E-state index is -0.555. The maximum atomic E-state index is 12.6. The van der Waals surface area contributed by atoms with Crippen LogP contribution in [0.2, 0.25) is 0 Å². The Morgan fingerprint density at radius 1 is 1.39 bits per heavy atom. The first-order valence-electron chi connectivity index (χ1n) is 8.08. The standard InChI is InChI=1S/C17H19N3O3/c21-15-9-13(17(23-15)6-2-3-7-17)16(22)19-11-12-10-18-14-5-1-4-8-20(12)14/h1,4-5,8,10,13H,2-3,6-7,9,11H2,(H,19,22)/t13-/m1/s1. The molecule has 2 fully saturated rings. The molecule has 1 atom stereocenters. The molecule has 0 bridgehead atoms. The van der Waals surface area contributed by atoms with Crippen LogP contribution >= 0.6 is 0 Å². The third kappa shape index (κ3) is 2.38. The number of fused-ring (bicyclic) bond motifs is 1. The van der Waals surface area contributed by atoms with Crippen molar-refractivity contribution in [1.82, 2.24) is 14.7 Å². The minimum absolute atomic E-state index is 0.0939. The predicted molar refractivity (Wildman–Crippen MR) is 82.4 cm³/mol. The quantitative estimate of drug-likeness (QED) is 0.877. The average Bonchev–Trinajstić information content (AvgIpc) is 3.25. The molecule has 6 nitrogen and oxygen atoms in total. The highest BCUT2D eigenvalue weighted by Crippen LogP contribution is 2.45. The number of carbonyl (C=O) groups is 2. The lowest BCUT2D eigenvalue weighted by atomic mass is 9.85. The summed E-state index contributed by atoms with van der Waals surface area (Å²) in [5.41, 5.74) is 1.21. The van der Waals surface area contributed by atoms with Gasteiger partial charge in [-0.05, 0) is 37.8 Å². The molecule has 1 aliphatic heterocycles. The van der Waals surface area contributed by atoms with Gasteiger partial charge in [0.1, 0.15) is 11.2 Å². The number of aromatic nitrogens is 2. The maximum Gasteiger partial charge on any atom is 0.307 e. The molecule has 2 aliphatic rings. The number of hydrogen-bond donors (Lipinski definition) is 1. The smallest absolute Gasteiger partial charge is 0.307 e. The highest BCUT2D eigenvalue weighted by atomic mass is 16.6. The Morgan fingerprint density at radius 3 is 3.04 bits per heavy atom. The lowest BCUT2D eigenvalue weighted by Gasteiger charge is -2.27. The topological polar surface area (TPSA) is 72.7 Å². The molecule has 120 valence electrons. The first-order chi connectivity index (χ1) is 11.2. The Bertz CT molecular complexity index is 761. The van der Waals surface area contributed by atoms with Crippen LogP contribution in [-0.4, -0.2) is 26.9 Å². The summed E-state index contributed by atoms with van der Waals surface area (Å²) < 4.78 is 7.48. The van der Waals surface area contributed by atoms with Crippen molar-refractivity contribution in [2.45, 2.75) is 44.2 Å². The Labute approximate surface area is 133 Å². The van der Waals surface area contributed by atoms with Crippen molar-refractivity contribution in [2.75, 3.05) is 0 Å². The van der Waals surface area contributed by atoms with Gasteiger partial charge >= 0.3 is 5.97 Å². The van der Waals surface area contributed by atoms with Gasteiger partial charge < -0.3 is 14.5 Å². The zero-order valence-corrected chi connectivity index (χ0v) is 12.8. The number of nitrogens with zero attached hydrogens (tertiary/aromatic N) is 2. The molecule has 1 saturated carbocycles. The van der Waals surface area contributed by atoms with Gasteiger partial charge in [0, 0.05) is 6.20 Å². The van der Waals surface area contributed by atoms with Crippen LogP contribution < -0.4 is 5.32 Å². The van der Waals surface area contributed by atoms with Gasteiger partial charge in [0.15, 0.2) is 0 Å². The van der Waals surface area contributed by atoms with Crippen molar-refractivity contribution in [2.24, 2.45) is 5.92 Å². The predicted octanol–water partition coefficient (Wildman–Crippen LogP) is 1.83. The summed E-state index contributed by atoms with van der Waals surface area (Å²) in [4.78, 5) is 28.6. The van der Waals surface area contributed by atoms with Crippen LogP contribution in [0.25, 0.3) is 5.65 Å². The molecule has 6 heteroatoms. The number of ether oxygens (including phenoxy) is 1. The highest BCUT2D eigenvalue weighted by molar-refractivity contribution is 5.87. The van der Waals surface area contributed by atoms with E-state index in [0.717, 1.165) is 37.0 Å². The molecule has 1 N–H and O–H groups in total. The fourth-order valence-corrected chi connectivity index (χ4v) is 3.86. The zero-order chi connectivity index (χ0) is 15.9. The number of carbonyl (C=O) groups excluding carboxylic acids is 2. The molecule has 1 amide bonds. The molecule has 4 rings (SSSR count). The van der Waals surface area contributed by atoms with Crippen LogP contribution in [-0.2, 0) is 20.9 Å². The lowest BCUT2D eigenvalue weighted by Crippen LogP contribution is -2.42. The van der Waals surface area contributed by atoms with Crippen LogP contribution in [0, 0.1) is 5.92 Å². The summed E-state index contributed by atoms with van der Waals surface area (Å²) in [6.45, 7) is 0.394. The van der Waals surface area contributed by atoms with E-state index in [0.29, 0.717) is 6.54 Å².